The molecule has 2 saturated heterocycles. The van der Waals surface area contributed by atoms with Crippen molar-refractivity contribution < 1.29 is 4.42 Å². The zero-order valence-electron chi connectivity index (χ0n) is 15.4. The molecule has 4 aromatic heterocycles. The van der Waals surface area contributed by atoms with E-state index in [1.165, 1.54) is 0 Å². The summed E-state index contributed by atoms with van der Waals surface area (Å²) in [6.07, 6.45) is 4.99. The molecule has 1 N–H and O–H groups in total. The summed E-state index contributed by atoms with van der Waals surface area (Å²) in [7, 11) is 0. The monoisotopic (exact) mass is 373 g/mol. The van der Waals surface area contributed by atoms with Gasteiger partial charge >= 0.3 is 5.63 Å². The van der Waals surface area contributed by atoms with E-state index < -0.39 is 5.63 Å². The average Bonchev–Trinajstić information content (AvgIpc) is 3.41. The Morgan fingerprint density at radius 1 is 1.18 bits per heavy atom. The van der Waals surface area contributed by atoms with E-state index in [9.17, 15) is 4.79 Å². The second-order valence-corrected chi connectivity index (χ2v) is 7.76. The first-order chi connectivity index (χ1) is 13.6. The molecule has 0 spiro atoms. The molecule has 2 aliphatic heterocycles. The number of piperazine rings is 1. The molecule has 0 aliphatic carbocycles. The molecule has 6 rings (SSSR count). The van der Waals surface area contributed by atoms with E-state index in [1.807, 2.05) is 54.0 Å². The molecular formula is C21H19N5O2. The topological polar surface area (TPSA) is 75.7 Å². The SMILES string of the molecule is Cc1ccc2nc(-c3cc4ccc(N5CC6CC5CN6)nc4oc3=O)cn2c1. The highest BCUT2D eigenvalue weighted by Gasteiger charge is 2.38. The Morgan fingerprint density at radius 2 is 2.11 bits per heavy atom. The van der Waals surface area contributed by atoms with Crippen LogP contribution in [-0.2, 0) is 0 Å². The number of anilines is 1. The van der Waals surface area contributed by atoms with Gasteiger partial charge in [0, 0.05) is 43.0 Å². The molecule has 2 unspecified atom stereocenters. The quantitative estimate of drug-likeness (QED) is 0.581. The van der Waals surface area contributed by atoms with Gasteiger partial charge in [-0.3, -0.25) is 0 Å². The van der Waals surface area contributed by atoms with Gasteiger partial charge in [-0.2, -0.15) is 4.98 Å². The summed E-state index contributed by atoms with van der Waals surface area (Å²) in [6, 6.07) is 10.8. The fourth-order valence-electron chi connectivity index (χ4n) is 4.40. The number of imidazole rings is 1. The van der Waals surface area contributed by atoms with Crippen molar-refractivity contribution in [3.05, 3.63) is 58.7 Å². The van der Waals surface area contributed by atoms with E-state index in [2.05, 4.69) is 20.2 Å². The van der Waals surface area contributed by atoms with Crippen molar-refractivity contribution >= 4 is 22.6 Å². The molecule has 4 aromatic rings. The maximum absolute atomic E-state index is 12.7. The number of hydrogen-bond acceptors (Lipinski definition) is 6. The van der Waals surface area contributed by atoms with E-state index in [0.717, 1.165) is 41.9 Å². The Balaban J connectivity index is 1.43. The summed E-state index contributed by atoms with van der Waals surface area (Å²) in [4.78, 5) is 24.2. The molecule has 2 aliphatic rings. The number of aromatic nitrogens is 3. The van der Waals surface area contributed by atoms with Crippen LogP contribution in [0.25, 0.3) is 28.0 Å². The Labute approximate surface area is 160 Å². The number of hydrogen-bond donors (Lipinski definition) is 1. The van der Waals surface area contributed by atoms with E-state index >= 15 is 0 Å². The zero-order valence-corrected chi connectivity index (χ0v) is 15.4. The summed E-state index contributed by atoms with van der Waals surface area (Å²) in [5, 5.41) is 4.29. The molecule has 2 atom stereocenters. The highest BCUT2D eigenvalue weighted by Crippen LogP contribution is 2.29. The minimum atomic E-state index is -0.415. The summed E-state index contributed by atoms with van der Waals surface area (Å²) in [6.45, 7) is 3.96. The third-order valence-electron chi connectivity index (χ3n) is 5.81. The van der Waals surface area contributed by atoms with Crippen LogP contribution < -0.4 is 15.8 Å². The molecule has 7 nitrogen and oxygen atoms in total. The number of fused-ring (bicyclic) bond motifs is 4. The van der Waals surface area contributed by atoms with Gasteiger partial charge in [-0.15, -0.1) is 0 Å². The lowest BCUT2D eigenvalue weighted by Crippen LogP contribution is -2.43. The van der Waals surface area contributed by atoms with Gasteiger partial charge in [0.15, 0.2) is 0 Å². The molecule has 0 saturated carbocycles. The van der Waals surface area contributed by atoms with E-state index in [-0.39, 0.29) is 0 Å². The highest BCUT2D eigenvalue weighted by atomic mass is 16.4. The Bertz CT molecular complexity index is 1290. The standard InChI is InChI=1S/C21H19N5O2/c1-12-2-4-18-23-17(11-25(18)9-12)16-6-13-3-5-19(24-20(13)28-21(16)27)26-10-14-7-15(26)8-22-14/h2-6,9,11,14-15,22H,7-8,10H2,1H3. The van der Waals surface area contributed by atoms with Gasteiger partial charge in [-0.25, -0.2) is 9.78 Å². The van der Waals surface area contributed by atoms with Gasteiger partial charge in [0.2, 0.25) is 5.71 Å². The fourth-order valence-corrected chi connectivity index (χ4v) is 4.40. The Morgan fingerprint density at radius 3 is 2.93 bits per heavy atom. The molecule has 28 heavy (non-hydrogen) atoms. The third kappa shape index (κ3) is 2.36. The van der Waals surface area contributed by atoms with Gasteiger partial charge in [-0.05, 0) is 43.2 Å². The number of nitrogens with one attached hydrogen (secondary N) is 1. The number of nitrogens with zero attached hydrogens (tertiary/aromatic N) is 4. The van der Waals surface area contributed by atoms with Crippen molar-refractivity contribution in [2.75, 3.05) is 18.0 Å². The second kappa shape index (κ2) is 5.65. The highest BCUT2D eigenvalue weighted by molar-refractivity contribution is 5.80. The normalized spacial score (nSPS) is 21.2. The van der Waals surface area contributed by atoms with E-state index in [0.29, 0.717) is 29.1 Å². The van der Waals surface area contributed by atoms with Crippen molar-refractivity contribution in [2.24, 2.45) is 0 Å². The van der Waals surface area contributed by atoms with Crippen molar-refractivity contribution in [1.29, 1.82) is 0 Å². The molecule has 7 heteroatoms. The first-order valence-corrected chi connectivity index (χ1v) is 9.55. The van der Waals surface area contributed by atoms with Gasteiger partial charge < -0.3 is 19.0 Å². The lowest BCUT2D eigenvalue weighted by atomic mass is 10.2. The Kier molecular flexibility index (Phi) is 3.20. The van der Waals surface area contributed by atoms with Crippen LogP contribution in [0.4, 0.5) is 5.82 Å². The van der Waals surface area contributed by atoms with E-state index in [1.54, 1.807) is 0 Å². The van der Waals surface area contributed by atoms with Crippen LogP contribution in [0.3, 0.4) is 0 Å². The number of pyridine rings is 2. The Hall–Kier alpha value is -3.19. The molecule has 2 fully saturated rings. The molecule has 2 bridgehead atoms. The van der Waals surface area contributed by atoms with Crippen LogP contribution in [0.15, 0.2) is 51.9 Å². The minimum Gasteiger partial charge on any atom is -0.403 e. The van der Waals surface area contributed by atoms with Gasteiger partial charge in [0.05, 0.1) is 11.3 Å². The number of rotatable bonds is 2. The van der Waals surface area contributed by atoms with Crippen molar-refractivity contribution in [2.45, 2.75) is 25.4 Å². The van der Waals surface area contributed by atoms with Gasteiger partial charge in [0.25, 0.3) is 0 Å². The lowest BCUT2D eigenvalue weighted by molar-refractivity contribution is 0.547. The minimum absolute atomic E-state index is 0.376. The lowest BCUT2D eigenvalue weighted by Gasteiger charge is -2.28. The summed E-state index contributed by atoms with van der Waals surface area (Å²) in [5.41, 5.74) is 2.94. The van der Waals surface area contributed by atoms with Gasteiger partial charge in [0.1, 0.15) is 11.5 Å². The van der Waals surface area contributed by atoms with Gasteiger partial charge in [-0.1, -0.05) is 6.07 Å². The third-order valence-corrected chi connectivity index (χ3v) is 5.81. The summed E-state index contributed by atoms with van der Waals surface area (Å²) < 4.78 is 7.51. The molecule has 0 radical (unpaired) electrons. The molecule has 6 heterocycles. The van der Waals surface area contributed by atoms with Crippen molar-refractivity contribution in [1.82, 2.24) is 19.7 Å². The first kappa shape index (κ1) is 15.8. The second-order valence-electron chi connectivity index (χ2n) is 7.76. The largest absolute Gasteiger partial charge is 0.403 e. The van der Waals surface area contributed by atoms with E-state index in [4.69, 9.17) is 4.42 Å². The number of aryl methyl sites for hydroxylation is 1. The van der Waals surface area contributed by atoms with Crippen LogP contribution in [0, 0.1) is 6.92 Å². The first-order valence-electron chi connectivity index (χ1n) is 9.55. The summed E-state index contributed by atoms with van der Waals surface area (Å²) >= 11 is 0. The van der Waals surface area contributed by atoms with Crippen molar-refractivity contribution in [3.63, 3.8) is 0 Å². The van der Waals surface area contributed by atoms with Crippen molar-refractivity contribution in [3.8, 4) is 11.3 Å². The molecule has 0 aromatic carbocycles. The predicted molar refractivity (Wildman–Crippen MR) is 107 cm³/mol. The van der Waals surface area contributed by atoms with Crippen LogP contribution in [0.5, 0.6) is 0 Å². The zero-order chi connectivity index (χ0) is 18.8. The maximum Gasteiger partial charge on any atom is 0.347 e. The van der Waals surface area contributed by atoms with Crippen LogP contribution in [-0.4, -0.2) is 39.5 Å². The summed E-state index contributed by atoms with van der Waals surface area (Å²) in [5.74, 6) is 0.876. The molecule has 140 valence electrons. The molecule has 0 amide bonds. The fraction of sp³-hybridized carbons (Fsp3) is 0.286. The smallest absolute Gasteiger partial charge is 0.347 e. The van der Waals surface area contributed by atoms with Crippen LogP contribution in [0.1, 0.15) is 12.0 Å². The predicted octanol–water partition coefficient (Wildman–Crippen LogP) is 2.36. The molecular weight excluding hydrogens is 354 g/mol. The maximum atomic E-state index is 12.7. The van der Waals surface area contributed by atoms with Crippen LogP contribution in [0.2, 0.25) is 0 Å². The van der Waals surface area contributed by atoms with Crippen LogP contribution >= 0.6 is 0 Å². The average molecular weight is 373 g/mol.